The molecule has 1 aliphatic rings. The first-order valence-corrected chi connectivity index (χ1v) is 14.6. The minimum absolute atomic E-state index is 0. The third-order valence-electron chi connectivity index (χ3n) is 6.45. The zero-order valence-electron chi connectivity index (χ0n) is 22.2. The van der Waals surface area contributed by atoms with Crippen molar-refractivity contribution in [2.45, 2.75) is 30.6 Å². The monoisotopic (exact) mass is 582 g/mol. The third-order valence-corrected chi connectivity index (χ3v) is 9.46. The molecular weight excluding hydrogens is 548 g/mol. The minimum atomic E-state index is -3.59. The summed E-state index contributed by atoms with van der Waals surface area (Å²) in [5, 5.41) is 0.519. The SMILES string of the molecule is COc1ccc(OC)c2sc(N(CCN(C)C)C(=O)c3ccc(S(=O)(=O)N4CCCCCC4)cc3)nc12.Cl. The van der Waals surface area contributed by atoms with Crippen LogP contribution in [0, 0.1) is 0 Å². The zero-order chi connectivity index (χ0) is 26.6. The molecule has 38 heavy (non-hydrogen) atoms. The molecule has 4 rings (SSSR count). The Balaban J connectivity index is 0.00000400. The molecule has 0 aliphatic carbocycles. The van der Waals surface area contributed by atoms with Gasteiger partial charge in [-0.15, -0.1) is 12.4 Å². The van der Waals surface area contributed by atoms with Gasteiger partial charge in [-0.3, -0.25) is 9.69 Å². The van der Waals surface area contributed by atoms with E-state index in [9.17, 15) is 13.2 Å². The number of nitrogens with zero attached hydrogens (tertiary/aromatic N) is 4. The first kappa shape index (κ1) is 30.1. The predicted octanol–water partition coefficient (Wildman–Crippen LogP) is 4.51. The molecule has 0 saturated carbocycles. The summed E-state index contributed by atoms with van der Waals surface area (Å²) < 4.78 is 39.7. The Morgan fingerprint density at radius 2 is 1.55 bits per heavy atom. The summed E-state index contributed by atoms with van der Waals surface area (Å²) in [5.74, 6) is 1.00. The molecule has 0 spiro atoms. The topological polar surface area (TPSA) is 92.3 Å². The van der Waals surface area contributed by atoms with Gasteiger partial charge in [-0.2, -0.15) is 4.31 Å². The molecule has 1 amide bonds. The maximum absolute atomic E-state index is 13.7. The number of hydrogen-bond donors (Lipinski definition) is 0. The number of amides is 1. The number of halogens is 1. The van der Waals surface area contributed by atoms with Crippen molar-refractivity contribution in [1.29, 1.82) is 0 Å². The lowest BCUT2D eigenvalue weighted by molar-refractivity contribution is 0.0985. The van der Waals surface area contributed by atoms with E-state index in [4.69, 9.17) is 14.5 Å². The first-order valence-electron chi connectivity index (χ1n) is 12.3. The van der Waals surface area contributed by atoms with E-state index in [2.05, 4.69) is 0 Å². The van der Waals surface area contributed by atoms with E-state index in [1.54, 1.807) is 41.6 Å². The van der Waals surface area contributed by atoms with Crippen molar-refractivity contribution in [2.24, 2.45) is 0 Å². The molecule has 1 aliphatic heterocycles. The molecule has 2 aromatic carbocycles. The van der Waals surface area contributed by atoms with Crippen LogP contribution in [0.4, 0.5) is 5.13 Å². The Morgan fingerprint density at radius 3 is 2.13 bits per heavy atom. The smallest absolute Gasteiger partial charge is 0.260 e. The van der Waals surface area contributed by atoms with Crippen molar-refractivity contribution >= 4 is 55.0 Å². The summed E-state index contributed by atoms with van der Waals surface area (Å²) in [6.07, 6.45) is 3.83. The molecule has 12 heteroatoms. The van der Waals surface area contributed by atoms with Crippen molar-refractivity contribution in [3.63, 3.8) is 0 Å². The summed E-state index contributed by atoms with van der Waals surface area (Å²) in [5.41, 5.74) is 1.02. The van der Waals surface area contributed by atoms with Gasteiger partial charge in [0.05, 0.1) is 19.1 Å². The van der Waals surface area contributed by atoms with Crippen LogP contribution in [-0.4, -0.2) is 83.0 Å². The maximum atomic E-state index is 13.7. The Bertz CT molecular complexity index is 1300. The van der Waals surface area contributed by atoms with Crippen LogP contribution in [0.2, 0.25) is 0 Å². The highest BCUT2D eigenvalue weighted by atomic mass is 35.5. The van der Waals surface area contributed by atoms with Crippen LogP contribution in [0.3, 0.4) is 0 Å². The van der Waals surface area contributed by atoms with Crippen LogP contribution in [-0.2, 0) is 10.0 Å². The number of carbonyl (C=O) groups is 1. The number of rotatable bonds is 9. The number of anilines is 1. The van der Waals surface area contributed by atoms with Gasteiger partial charge in [-0.25, -0.2) is 13.4 Å². The van der Waals surface area contributed by atoms with Gasteiger partial charge in [0.15, 0.2) is 5.13 Å². The second-order valence-electron chi connectivity index (χ2n) is 9.25. The van der Waals surface area contributed by atoms with Gasteiger partial charge >= 0.3 is 0 Å². The highest BCUT2D eigenvalue weighted by Crippen LogP contribution is 2.40. The van der Waals surface area contributed by atoms with E-state index < -0.39 is 10.0 Å². The van der Waals surface area contributed by atoms with Gasteiger partial charge in [0, 0.05) is 31.7 Å². The standard InChI is InChI=1S/C26H34N4O5S2.ClH/c1-28(2)17-18-30(26-27-23-21(34-3)13-14-22(35-4)24(23)36-26)25(31)19-9-11-20(12-10-19)37(32,33)29-15-7-5-6-8-16-29;/h9-14H,5-8,15-18H2,1-4H3;1H. The van der Waals surface area contributed by atoms with E-state index in [1.165, 1.54) is 23.5 Å². The van der Waals surface area contributed by atoms with E-state index in [0.29, 0.717) is 53.9 Å². The number of fused-ring (bicyclic) bond motifs is 1. The quantitative estimate of drug-likeness (QED) is 0.366. The minimum Gasteiger partial charge on any atom is -0.495 e. The van der Waals surface area contributed by atoms with Crippen molar-refractivity contribution in [3.05, 3.63) is 42.0 Å². The second-order valence-corrected chi connectivity index (χ2v) is 12.2. The molecule has 1 fully saturated rings. The number of benzene rings is 2. The fraction of sp³-hybridized carbons (Fsp3) is 0.462. The van der Waals surface area contributed by atoms with Crippen LogP contribution in [0.5, 0.6) is 11.5 Å². The van der Waals surface area contributed by atoms with Crippen molar-refractivity contribution in [1.82, 2.24) is 14.2 Å². The van der Waals surface area contributed by atoms with Crippen LogP contribution in [0.1, 0.15) is 36.0 Å². The van der Waals surface area contributed by atoms with Gasteiger partial charge in [-0.05, 0) is 63.3 Å². The van der Waals surface area contributed by atoms with Crippen molar-refractivity contribution in [3.8, 4) is 11.5 Å². The number of methoxy groups -OCH3 is 2. The van der Waals surface area contributed by atoms with Gasteiger partial charge in [0.1, 0.15) is 21.7 Å². The number of sulfonamides is 1. The van der Waals surface area contributed by atoms with Crippen LogP contribution < -0.4 is 14.4 Å². The molecule has 9 nitrogen and oxygen atoms in total. The number of likely N-dealkylation sites (N-methyl/N-ethyl adjacent to an activating group) is 1. The molecule has 0 N–H and O–H groups in total. The molecule has 208 valence electrons. The average molecular weight is 583 g/mol. The Kier molecular flexibility index (Phi) is 10.4. The normalized spacial score (nSPS) is 14.7. The summed E-state index contributed by atoms with van der Waals surface area (Å²) in [6, 6.07) is 9.84. The zero-order valence-corrected chi connectivity index (χ0v) is 24.6. The third kappa shape index (κ3) is 6.40. The molecule has 0 unspecified atom stereocenters. The molecule has 0 bridgehead atoms. The number of carbonyl (C=O) groups excluding carboxylic acids is 1. The van der Waals surface area contributed by atoms with Crippen LogP contribution in [0.15, 0.2) is 41.3 Å². The van der Waals surface area contributed by atoms with Gasteiger partial charge in [-0.1, -0.05) is 24.2 Å². The van der Waals surface area contributed by atoms with Gasteiger partial charge < -0.3 is 14.4 Å². The van der Waals surface area contributed by atoms with E-state index >= 15 is 0 Å². The van der Waals surface area contributed by atoms with Crippen molar-refractivity contribution < 1.29 is 22.7 Å². The largest absolute Gasteiger partial charge is 0.495 e. The number of hydrogen-bond acceptors (Lipinski definition) is 8. The Labute approximate surface area is 234 Å². The lowest BCUT2D eigenvalue weighted by Crippen LogP contribution is -2.36. The molecule has 2 heterocycles. The van der Waals surface area contributed by atoms with E-state index in [-0.39, 0.29) is 23.2 Å². The summed E-state index contributed by atoms with van der Waals surface area (Å²) in [6.45, 7) is 2.10. The Hall–Kier alpha value is -2.44. The fourth-order valence-electron chi connectivity index (χ4n) is 4.33. The van der Waals surface area contributed by atoms with Gasteiger partial charge in [0.25, 0.3) is 5.91 Å². The highest BCUT2D eigenvalue weighted by Gasteiger charge is 2.27. The molecule has 1 aromatic heterocycles. The molecular formula is C26H35ClN4O5S2. The lowest BCUT2D eigenvalue weighted by atomic mass is 10.2. The lowest BCUT2D eigenvalue weighted by Gasteiger charge is -2.22. The summed E-state index contributed by atoms with van der Waals surface area (Å²) in [7, 11) is 3.46. The number of aromatic nitrogens is 1. The first-order chi connectivity index (χ1) is 17.8. The van der Waals surface area contributed by atoms with E-state index in [0.717, 1.165) is 30.4 Å². The van der Waals surface area contributed by atoms with Crippen LogP contribution in [0.25, 0.3) is 10.2 Å². The van der Waals surface area contributed by atoms with Crippen LogP contribution >= 0.6 is 23.7 Å². The molecule has 0 radical (unpaired) electrons. The second kappa shape index (κ2) is 13.1. The molecule has 0 atom stereocenters. The molecule has 3 aromatic rings. The number of thiazole rings is 1. The maximum Gasteiger partial charge on any atom is 0.260 e. The van der Waals surface area contributed by atoms with Crippen molar-refractivity contribution in [2.75, 3.05) is 59.4 Å². The van der Waals surface area contributed by atoms with Gasteiger partial charge in [0.2, 0.25) is 10.0 Å². The average Bonchev–Trinajstić information content (AvgIpc) is 3.14. The van der Waals surface area contributed by atoms with E-state index in [1.807, 2.05) is 25.1 Å². The summed E-state index contributed by atoms with van der Waals surface area (Å²) in [4.78, 5) is 22.3. The predicted molar refractivity (Wildman–Crippen MR) is 154 cm³/mol. The highest BCUT2D eigenvalue weighted by molar-refractivity contribution is 7.89. The molecule has 1 saturated heterocycles. The summed E-state index contributed by atoms with van der Waals surface area (Å²) >= 11 is 1.36. The number of ether oxygens (including phenoxy) is 2. The Morgan fingerprint density at radius 1 is 0.947 bits per heavy atom. The fourth-order valence-corrected chi connectivity index (χ4v) is 6.95.